The first-order chi connectivity index (χ1) is 6.43. The van der Waals surface area contributed by atoms with Crippen LogP contribution >= 0.6 is 0 Å². The van der Waals surface area contributed by atoms with E-state index in [1.54, 1.807) is 0 Å². The quantitative estimate of drug-likeness (QED) is 0.512. The molecule has 1 aromatic carbocycles. The van der Waals surface area contributed by atoms with Crippen LogP contribution in [-0.4, -0.2) is 6.98 Å². The first-order valence-corrected chi connectivity index (χ1v) is 3.73. The SMILES string of the molecule is F/C(=C(/F)[B-](F)(F)F)c1ccccc1. The summed E-state index contributed by atoms with van der Waals surface area (Å²) in [7, 11) is 0. The van der Waals surface area contributed by atoms with E-state index in [-0.39, 0.29) is 0 Å². The normalized spacial score (nSPS) is 13.8. The van der Waals surface area contributed by atoms with Gasteiger partial charge < -0.3 is 12.9 Å². The summed E-state index contributed by atoms with van der Waals surface area (Å²) in [6.45, 7) is -5.90. The van der Waals surface area contributed by atoms with Crippen molar-refractivity contribution >= 4 is 12.8 Å². The van der Waals surface area contributed by atoms with Gasteiger partial charge in [-0.3, -0.25) is 0 Å². The van der Waals surface area contributed by atoms with E-state index in [0.29, 0.717) is 0 Å². The summed E-state index contributed by atoms with van der Waals surface area (Å²) >= 11 is 0. The summed E-state index contributed by atoms with van der Waals surface area (Å²) in [4.78, 5) is 0. The van der Waals surface area contributed by atoms with Crippen LogP contribution in [0, 0.1) is 0 Å². The molecular weight excluding hydrogens is 202 g/mol. The highest BCUT2D eigenvalue weighted by Gasteiger charge is 2.33. The Hall–Kier alpha value is -1.33. The Morgan fingerprint density at radius 2 is 1.43 bits per heavy atom. The molecule has 0 spiro atoms. The van der Waals surface area contributed by atoms with Crippen LogP contribution in [0.1, 0.15) is 5.56 Å². The molecule has 0 aromatic heterocycles. The average Bonchev–Trinajstić information content (AvgIpc) is 2.15. The molecule has 1 rings (SSSR count). The van der Waals surface area contributed by atoms with Crippen LogP contribution in [0.3, 0.4) is 0 Å². The van der Waals surface area contributed by atoms with Crippen molar-refractivity contribution in [1.29, 1.82) is 0 Å². The number of hydrogen-bond donors (Lipinski definition) is 0. The highest BCUT2D eigenvalue weighted by Crippen LogP contribution is 2.30. The summed E-state index contributed by atoms with van der Waals surface area (Å²) in [5.74, 6) is -1.86. The molecule has 0 nitrogen and oxygen atoms in total. The second-order valence-corrected chi connectivity index (χ2v) is 2.60. The van der Waals surface area contributed by atoms with Gasteiger partial charge >= 0.3 is 6.98 Å². The smallest absolute Gasteiger partial charge is 0.443 e. The first kappa shape index (κ1) is 10.8. The van der Waals surface area contributed by atoms with Gasteiger partial charge in [0.05, 0.1) is 5.73 Å². The predicted octanol–water partition coefficient (Wildman–Crippen LogP) is 3.68. The van der Waals surface area contributed by atoms with Gasteiger partial charge in [0, 0.05) is 5.56 Å². The molecule has 0 aliphatic heterocycles. The van der Waals surface area contributed by atoms with E-state index < -0.39 is 24.1 Å². The van der Waals surface area contributed by atoms with Gasteiger partial charge in [-0.1, -0.05) is 30.3 Å². The van der Waals surface area contributed by atoms with Crippen molar-refractivity contribution in [3.8, 4) is 0 Å². The van der Waals surface area contributed by atoms with Gasteiger partial charge in [0.1, 0.15) is 5.83 Å². The lowest BCUT2D eigenvalue weighted by atomic mass is 9.87. The molecule has 0 amide bonds. The highest BCUT2D eigenvalue weighted by atomic mass is 19.4. The zero-order valence-corrected chi connectivity index (χ0v) is 6.85. The Labute approximate surface area is 77.1 Å². The predicted molar refractivity (Wildman–Crippen MR) is 44.7 cm³/mol. The minimum Gasteiger partial charge on any atom is -0.443 e. The largest absolute Gasteiger partial charge is 0.540 e. The van der Waals surface area contributed by atoms with Crippen molar-refractivity contribution in [2.24, 2.45) is 0 Å². The van der Waals surface area contributed by atoms with Gasteiger partial charge in [-0.05, 0) is 0 Å². The fourth-order valence-corrected chi connectivity index (χ4v) is 0.866. The van der Waals surface area contributed by atoms with Gasteiger partial charge in [-0.25, -0.2) is 8.78 Å². The van der Waals surface area contributed by atoms with Gasteiger partial charge in [0.25, 0.3) is 0 Å². The zero-order valence-electron chi connectivity index (χ0n) is 6.85. The lowest BCUT2D eigenvalue weighted by Crippen LogP contribution is -2.17. The maximum absolute atomic E-state index is 12.8. The first-order valence-electron chi connectivity index (χ1n) is 3.73. The monoisotopic (exact) mass is 207 g/mol. The third-order valence-corrected chi connectivity index (χ3v) is 1.52. The Balaban J connectivity index is 3.12. The van der Waals surface area contributed by atoms with Gasteiger partial charge in [0.15, 0.2) is 0 Å². The second kappa shape index (κ2) is 3.81. The van der Waals surface area contributed by atoms with Crippen LogP contribution in [0.5, 0.6) is 0 Å². The fourth-order valence-electron chi connectivity index (χ4n) is 0.866. The minimum atomic E-state index is -5.90. The van der Waals surface area contributed by atoms with Crippen molar-refractivity contribution in [2.75, 3.05) is 0 Å². The molecule has 1 aromatic rings. The van der Waals surface area contributed by atoms with Crippen LogP contribution in [0.25, 0.3) is 5.83 Å². The third-order valence-electron chi connectivity index (χ3n) is 1.52. The summed E-state index contributed by atoms with van der Waals surface area (Å²) in [5, 5.41) is 0. The van der Waals surface area contributed by atoms with E-state index in [1.807, 2.05) is 0 Å². The third kappa shape index (κ3) is 2.34. The Kier molecular flexibility index (Phi) is 2.93. The molecule has 14 heavy (non-hydrogen) atoms. The van der Waals surface area contributed by atoms with E-state index in [1.165, 1.54) is 18.2 Å². The zero-order chi connectivity index (χ0) is 10.8. The Bertz CT molecular complexity index is 340. The summed E-state index contributed by atoms with van der Waals surface area (Å²) in [6, 6.07) is 6.28. The van der Waals surface area contributed by atoms with Crippen LogP contribution in [-0.2, 0) is 0 Å². The molecule has 0 N–H and O–H groups in total. The van der Waals surface area contributed by atoms with E-state index in [0.717, 1.165) is 12.1 Å². The minimum absolute atomic E-state index is 0.413. The van der Waals surface area contributed by atoms with Gasteiger partial charge in [-0.15, -0.1) is 0 Å². The molecule has 0 aliphatic rings. The van der Waals surface area contributed by atoms with Crippen LogP contribution in [0.2, 0.25) is 0 Å². The molecule has 76 valence electrons. The summed E-state index contributed by atoms with van der Waals surface area (Å²) < 4.78 is 60.5. The molecule has 0 heterocycles. The molecule has 0 unspecified atom stereocenters. The standard InChI is InChI=1S/C8H5BF5/c10-7(8(11)9(12,13)14)6-4-2-1-3-5-6/h1-5H/q-1/b8-7+. The van der Waals surface area contributed by atoms with E-state index in [9.17, 15) is 21.7 Å². The van der Waals surface area contributed by atoms with Gasteiger partial charge in [-0.2, -0.15) is 0 Å². The molecule has 0 aliphatic carbocycles. The van der Waals surface area contributed by atoms with Crippen LogP contribution in [0.15, 0.2) is 36.1 Å². The highest BCUT2D eigenvalue weighted by molar-refractivity contribution is 6.67. The molecule has 0 bridgehead atoms. The molecule has 0 saturated carbocycles. The molecule has 6 heteroatoms. The maximum Gasteiger partial charge on any atom is 0.540 e. The molecule has 0 radical (unpaired) electrons. The van der Waals surface area contributed by atoms with Gasteiger partial charge in [0.2, 0.25) is 0 Å². The second-order valence-electron chi connectivity index (χ2n) is 2.60. The summed E-state index contributed by atoms with van der Waals surface area (Å²) in [5.41, 5.74) is -3.06. The number of benzene rings is 1. The number of rotatable bonds is 2. The number of halogens is 5. The molecular formula is C8H5BF5-. The van der Waals surface area contributed by atoms with Crippen molar-refractivity contribution in [1.82, 2.24) is 0 Å². The van der Waals surface area contributed by atoms with E-state index in [4.69, 9.17) is 0 Å². The van der Waals surface area contributed by atoms with Crippen LogP contribution in [0.4, 0.5) is 21.7 Å². The van der Waals surface area contributed by atoms with Crippen LogP contribution < -0.4 is 0 Å². The molecule has 0 fully saturated rings. The van der Waals surface area contributed by atoms with Crippen molar-refractivity contribution < 1.29 is 21.7 Å². The van der Waals surface area contributed by atoms with E-state index in [2.05, 4.69) is 0 Å². The number of hydrogen-bond acceptors (Lipinski definition) is 0. The van der Waals surface area contributed by atoms with Crippen molar-refractivity contribution in [3.63, 3.8) is 0 Å². The van der Waals surface area contributed by atoms with E-state index >= 15 is 0 Å². The average molecular weight is 207 g/mol. The topological polar surface area (TPSA) is 0 Å². The molecule has 0 saturated heterocycles. The fraction of sp³-hybridized carbons (Fsp3) is 0. The Morgan fingerprint density at radius 1 is 0.929 bits per heavy atom. The lowest BCUT2D eigenvalue weighted by molar-refractivity contribution is 0.448. The maximum atomic E-state index is 12.8. The van der Waals surface area contributed by atoms with Crippen molar-refractivity contribution in [3.05, 3.63) is 41.6 Å². The Morgan fingerprint density at radius 3 is 1.86 bits per heavy atom. The lowest BCUT2D eigenvalue weighted by Gasteiger charge is -2.12. The van der Waals surface area contributed by atoms with Crippen molar-refractivity contribution in [2.45, 2.75) is 0 Å². The summed E-state index contributed by atoms with van der Waals surface area (Å²) in [6.07, 6.45) is 0. The molecule has 0 atom stereocenters.